The van der Waals surface area contributed by atoms with E-state index in [1.807, 2.05) is 42.7 Å². The maximum Gasteiger partial charge on any atom is 0.338 e. The summed E-state index contributed by atoms with van der Waals surface area (Å²) < 4.78 is 13.3. The van der Waals surface area contributed by atoms with Crippen LogP contribution in [0.5, 0.6) is 0 Å². The third-order valence-corrected chi connectivity index (χ3v) is 7.89. The summed E-state index contributed by atoms with van der Waals surface area (Å²) in [5.74, 6) is 0.516. The minimum absolute atomic E-state index is 0.216. The first-order valence-corrected chi connectivity index (χ1v) is 13.9. The van der Waals surface area contributed by atoms with Gasteiger partial charge in [0.1, 0.15) is 11.5 Å². The van der Waals surface area contributed by atoms with Gasteiger partial charge in [-0.3, -0.25) is 9.36 Å². The van der Waals surface area contributed by atoms with E-state index >= 15 is 0 Å². The van der Waals surface area contributed by atoms with Crippen LogP contribution in [0.3, 0.4) is 0 Å². The Hall–Kier alpha value is -4.13. The molecular formula is C29H23N3O4S2. The molecule has 1 atom stereocenters. The molecule has 0 fully saturated rings. The number of nitriles is 1. The standard InChI is InChI=1S/C29H23N3O4S2/c1-4-35-28(34)25-17(2)31-29-32(26(25)18-9-12-21(37-3)13-10-18)27(33)24(38-29)15-20-11-14-23(36-20)22-8-6-5-7-19(22)16-30/h5-15,26H,4H2,1-3H3/b24-15+/t26-/m0/s1. The molecule has 2 aromatic heterocycles. The molecule has 5 rings (SSSR count). The van der Waals surface area contributed by atoms with Crippen LogP contribution < -0.4 is 14.9 Å². The number of fused-ring (bicyclic) bond motifs is 1. The maximum atomic E-state index is 13.8. The van der Waals surface area contributed by atoms with Crippen molar-refractivity contribution in [1.29, 1.82) is 5.26 Å². The maximum absolute atomic E-state index is 13.8. The van der Waals surface area contributed by atoms with Gasteiger partial charge in [-0.05, 0) is 62.1 Å². The highest BCUT2D eigenvalue weighted by Gasteiger charge is 2.33. The van der Waals surface area contributed by atoms with Crippen LogP contribution in [0.2, 0.25) is 0 Å². The third-order valence-electron chi connectivity index (χ3n) is 6.16. The van der Waals surface area contributed by atoms with Gasteiger partial charge in [0.05, 0.1) is 40.1 Å². The Morgan fingerprint density at radius 3 is 2.68 bits per heavy atom. The van der Waals surface area contributed by atoms with Gasteiger partial charge < -0.3 is 9.15 Å². The molecule has 0 aliphatic carbocycles. The summed E-state index contributed by atoms with van der Waals surface area (Å²) in [5.41, 5.74) is 2.56. The number of hydrogen-bond acceptors (Lipinski definition) is 8. The summed E-state index contributed by atoms with van der Waals surface area (Å²) in [5, 5.41) is 9.42. The first kappa shape index (κ1) is 25.5. The fourth-order valence-electron chi connectivity index (χ4n) is 4.39. The van der Waals surface area contributed by atoms with Crippen LogP contribution in [0.25, 0.3) is 17.4 Å². The number of aromatic nitrogens is 1. The molecule has 0 spiro atoms. The third kappa shape index (κ3) is 4.64. The van der Waals surface area contributed by atoms with E-state index in [4.69, 9.17) is 9.15 Å². The summed E-state index contributed by atoms with van der Waals surface area (Å²) in [7, 11) is 0. The molecule has 9 heteroatoms. The van der Waals surface area contributed by atoms with E-state index in [-0.39, 0.29) is 12.2 Å². The molecule has 0 amide bonds. The van der Waals surface area contributed by atoms with Gasteiger partial charge >= 0.3 is 5.97 Å². The molecule has 0 saturated heterocycles. The molecule has 190 valence electrons. The van der Waals surface area contributed by atoms with Crippen molar-refractivity contribution in [2.45, 2.75) is 24.8 Å². The number of carbonyl (C=O) groups is 1. The Morgan fingerprint density at radius 2 is 1.97 bits per heavy atom. The molecule has 4 aromatic rings. The molecule has 1 aliphatic rings. The molecule has 1 aliphatic heterocycles. The smallest absolute Gasteiger partial charge is 0.338 e. The highest BCUT2D eigenvalue weighted by atomic mass is 32.2. The van der Waals surface area contributed by atoms with Crippen LogP contribution in [0.15, 0.2) is 91.0 Å². The molecule has 2 aromatic carbocycles. The van der Waals surface area contributed by atoms with E-state index in [0.29, 0.717) is 43.3 Å². The number of esters is 1. The van der Waals surface area contributed by atoms with Crippen LogP contribution in [-0.2, 0) is 9.53 Å². The zero-order valence-corrected chi connectivity index (χ0v) is 22.6. The monoisotopic (exact) mass is 541 g/mol. The number of allylic oxidation sites excluding steroid dienone is 1. The number of hydrogen-bond donors (Lipinski definition) is 0. The zero-order chi connectivity index (χ0) is 26.8. The Morgan fingerprint density at radius 1 is 1.21 bits per heavy atom. The molecule has 0 unspecified atom stereocenters. The number of nitrogens with zero attached hydrogens (tertiary/aromatic N) is 3. The summed E-state index contributed by atoms with van der Waals surface area (Å²) in [6, 6.07) is 20.0. The van der Waals surface area contributed by atoms with Crippen molar-refractivity contribution in [1.82, 2.24) is 4.57 Å². The van der Waals surface area contributed by atoms with Crippen molar-refractivity contribution < 1.29 is 13.9 Å². The van der Waals surface area contributed by atoms with Gasteiger partial charge in [-0.1, -0.05) is 35.6 Å². The van der Waals surface area contributed by atoms with Gasteiger partial charge in [-0.25, -0.2) is 9.79 Å². The molecule has 0 bridgehead atoms. The molecule has 7 nitrogen and oxygen atoms in total. The fourth-order valence-corrected chi connectivity index (χ4v) is 5.83. The number of benzene rings is 2. The second-order valence-corrected chi connectivity index (χ2v) is 10.3. The summed E-state index contributed by atoms with van der Waals surface area (Å²) >= 11 is 2.85. The largest absolute Gasteiger partial charge is 0.463 e. The number of furan rings is 1. The second-order valence-electron chi connectivity index (χ2n) is 8.43. The molecule has 38 heavy (non-hydrogen) atoms. The minimum Gasteiger partial charge on any atom is -0.463 e. The van der Waals surface area contributed by atoms with Gasteiger partial charge in [0.15, 0.2) is 4.80 Å². The van der Waals surface area contributed by atoms with Crippen molar-refractivity contribution in [2.24, 2.45) is 4.99 Å². The normalized spacial score (nSPS) is 15.1. The number of thiazole rings is 1. The Labute approximate surface area is 227 Å². The van der Waals surface area contributed by atoms with Crippen molar-refractivity contribution >= 4 is 35.1 Å². The summed E-state index contributed by atoms with van der Waals surface area (Å²) in [6.07, 6.45) is 3.66. The van der Waals surface area contributed by atoms with Crippen LogP contribution in [0.4, 0.5) is 0 Å². The first-order chi connectivity index (χ1) is 18.4. The van der Waals surface area contributed by atoms with Gasteiger partial charge in [-0.15, -0.1) is 11.8 Å². The van der Waals surface area contributed by atoms with Crippen molar-refractivity contribution in [3.63, 3.8) is 0 Å². The van der Waals surface area contributed by atoms with Crippen LogP contribution in [0.1, 0.15) is 36.8 Å². The summed E-state index contributed by atoms with van der Waals surface area (Å²) in [6.45, 7) is 3.73. The average Bonchev–Trinajstić information content (AvgIpc) is 3.52. The fraction of sp³-hybridized carbons (Fsp3) is 0.172. The Balaban J connectivity index is 1.64. The van der Waals surface area contributed by atoms with E-state index in [0.717, 1.165) is 10.5 Å². The second kappa shape index (κ2) is 10.7. The highest BCUT2D eigenvalue weighted by molar-refractivity contribution is 7.98. The topological polar surface area (TPSA) is 97.6 Å². The van der Waals surface area contributed by atoms with E-state index in [9.17, 15) is 14.9 Å². The number of thioether (sulfide) groups is 1. The van der Waals surface area contributed by atoms with Crippen LogP contribution >= 0.6 is 23.1 Å². The molecule has 3 heterocycles. The minimum atomic E-state index is -0.668. The lowest BCUT2D eigenvalue weighted by Crippen LogP contribution is -2.39. The number of rotatable bonds is 6. The highest BCUT2D eigenvalue weighted by Crippen LogP contribution is 2.32. The van der Waals surface area contributed by atoms with Gasteiger partial charge in [0.25, 0.3) is 5.56 Å². The SMILES string of the molecule is CCOC(=O)C1=C(C)N=c2s/c(=C/c3ccc(-c4ccccc4C#N)o3)c(=O)n2[C@H]1c1ccc(SC)cc1. The lowest BCUT2D eigenvalue weighted by atomic mass is 9.96. The quantitative estimate of drug-likeness (QED) is 0.260. The van der Waals surface area contributed by atoms with Gasteiger partial charge in [0, 0.05) is 16.5 Å². The van der Waals surface area contributed by atoms with Gasteiger partial charge in [0.2, 0.25) is 0 Å². The van der Waals surface area contributed by atoms with E-state index in [1.165, 1.54) is 11.3 Å². The van der Waals surface area contributed by atoms with Crippen molar-refractivity contribution in [3.05, 3.63) is 109 Å². The summed E-state index contributed by atoms with van der Waals surface area (Å²) in [4.78, 5) is 33.0. The van der Waals surface area contributed by atoms with Crippen molar-refractivity contribution in [3.8, 4) is 17.4 Å². The van der Waals surface area contributed by atoms with Crippen LogP contribution in [0, 0.1) is 11.3 Å². The van der Waals surface area contributed by atoms with E-state index < -0.39 is 12.0 Å². The van der Waals surface area contributed by atoms with Gasteiger partial charge in [-0.2, -0.15) is 5.26 Å². The van der Waals surface area contributed by atoms with Crippen LogP contribution in [-0.4, -0.2) is 23.4 Å². The molecule has 0 saturated carbocycles. The predicted octanol–water partition coefficient (Wildman–Crippen LogP) is 4.65. The first-order valence-electron chi connectivity index (χ1n) is 11.9. The number of carbonyl (C=O) groups excluding carboxylic acids is 1. The Kier molecular flexibility index (Phi) is 7.18. The molecular weight excluding hydrogens is 518 g/mol. The predicted molar refractivity (Wildman–Crippen MR) is 147 cm³/mol. The average molecular weight is 542 g/mol. The number of ether oxygens (including phenoxy) is 1. The Bertz CT molecular complexity index is 1790. The molecule has 0 N–H and O–H groups in total. The lowest BCUT2D eigenvalue weighted by molar-refractivity contribution is -0.139. The molecule has 0 radical (unpaired) electrons. The lowest BCUT2D eigenvalue weighted by Gasteiger charge is -2.24. The van der Waals surface area contributed by atoms with E-state index in [2.05, 4.69) is 11.1 Å². The zero-order valence-electron chi connectivity index (χ0n) is 20.9. The van der Waals surface area contributed by atoms with E-state index in [1.54, 1.807) is 60.5 Å². The van der Waals surface area contributed by atoms with Crippen molar-refractivity contribution in [2.75, 3.05) is 12.9 Å².